The Bertz CT molecular complexity index is 326. The van der Waals surface area contributed by atoms with Crippen LogP contribution in [0, 0.1) is 5.92 Å². The second-order valence-electron chi connectivity index (χ2n) is 3.92. The molecular weight excluding hydrogens is 216 g/mol. The Labute approximate surface area is 90.7 Å². The molecule has 15 heavy (non-hydrogen) atoms. The number of amides is 1. The van der Waals surface area contributed by atoms with Gasteiger partial charge < -0.3 is 5.73 Å². The minimum absolute atomic E-state index is 0.151. The SMILES string of the molecule is CCCS(=O)(=O)N1CCC[C@H](C(N)=O)C1. The quantitative estimate of drug-likeness (QED) is 0.739. The van der Waals surface area contributed by atoms with E-state index in [1.165, 1.54) is 4.31 Å². The van der Waals surface area contributed by atoms with Crippen molar-refractivity contribution in [1.82, 2.24) is 4.31 Å². The third-order valence-electron chi connectivity index (χ3n) is 2.64. The molecule has 0 aromatic rings. The van der Waals surface area contributed by atoms with E-state index < -0.39 is 15.9 Å². The number of sulfonamides is 1. The summed E-state index contributed by atoms with van der Waals surface area (Å²) in [5, 5.41) is 0. The Morgan fingerprint density at radius 3 is 2.73 bits per heavy atom. The van der Waals surface area contributed by atoms with Crippen molar-refractivity contribution in [2.75, 3.05) is 18.8 Å². The minimum atomic E-state index is -3.17. The van der Waals surface area contributed by atoms with Crippen LogP contribution in [-0.4, -0.2) is 37.5 Å². The Morgan fingerprint density at radius 2 is 2.20 bits per heavy atom. The zero-order chi connectivity index (χ0) is 11.5. The number of carbonyl (C=O) groups excluding carboxylic acids is 1. The van der Waals surface area contributed by atoms with Gasteiger partial charge >= 0.3 is 0 Å². The molecule has 0 unspecified atom stereocenters. The van der Waals surface area contributed by atoms with E-state index in [9.17, 15) is 13.2 Å². The van der Waals surface area contributed by atoms with Gasteiger partial charge in [0.1, 0.15) is 0 Å². The van der Waals surface area contributed by atoms with Gasteiger partial charge in [-0.25, -0.2) is 12.7 Å². The number of primary amides is 1. The fourth-order valence-electron chi connectivity index (χ4n) is 1.81. The van der Waals surface area contributed by atoms with Gasteiger partial charge in [0.15, 0.2) is 0 Å². The van der Waals surface area contributed by atoms with E-state index in [-0.39, 0.29) is 18.2 Å². The van der Waals surface area contributed by atoms with Crippen molar-refractivity contribution in [3.05, 3.63) is 0 Å². The molecule has 1 heterocycles. The molecule has 1 rings (SSSR count). The summed E-state index contributed by atoms with van der Waals surface area (Å²) in [4.78, 5) is 11.0. The summed E-state index contributed by atoms with van der Waals surface area (Å²) in [5.41, 5.74) is 5.19. The fraction of sp³-hybridized carbons (Fsp3) is 0.889. The molecule has 1 aliphatic rings. The molecule has 88 valence electrons. The number of carbonyl (C=O) groups is 1. The van der Waals surface area contributed by atoms with E-state index in [4.69, 9.17) is 5.73 Å². The third-order valence-corrected chi connectivity index (χ3v) is 4.68. The monoisotopic (exact) mass is 234 g/mol. The zero-order valence-corrected chi connectivity index (χ0v) is 9.79. The fourth-order valence-corrected chi connectivity index (χ4v) is 3.40. The van der Waals surface area contributed by atoms with E-state index in [1.807, 2.05) is 6.92 Å². The number of rotatable bonds is 4. The van der Waals surface area contributed by atoms with E-state index >= 15 is 0 Å². The maximum absolute atomic E-state index is 11.7. The maximum atomic E-state index is 11.7. The largest absolute Gasteiger partial charge is 0.369 e. The number of hydrogen-bond donors (Lipinski definition) is 1. The average Bonchev–Trinajstić information content (AvgIpc) is 2.18. The van der Waals surface area contributed by atoms with E-state index in [2.05, 4.69) is 0 Å². The second kappa shape index (κ2) is 4.94. The number of piperidine rings is 1. The van der Waals surface area contributed by atoms with Crippen LogP contribution in [0.25, 0.3) is 0 Å². The Kier molecular flexibility index (Phi) is 4.10. The Hall–Kier alpha value is -0.620. The highest BCUT2D eigenvalue weighted by atomic mass is 32.2. The number of nitrogens with two attached hydrogens (primary N) is 1. The molecule has 0 aromatic carbocycles. The van der Waals surface area contributed by atoms with Crippen LogP contribution in [-0.2, 0) is 14.8 Å². The topological polar surface area (TPSA) is 80.5 Å². The summed E-state index contributed by atoms with van der Waals surface area (Å²) in [6.45, 7) is 2.61. The highest BCUT2D eigenvalue weighted by Crippen LogP contribution is 2.19. The first-order valence-corrected chi connectivity index (χ1v) is 6.85. The average molecular weight is 234 g/mol. The van der Waals surface area contributed by atoms with Gasteiger partial charge in [-0.05, 0) is 19.3 Å². The van der Waals surface area contributed by atoms with Gasteiger partial charge in [0, 0.05) is 13.1 Å². The third kappa shape index (κ3) is 3.17. The summed E-state index contributed by atoms with van der Waals surface area (Å²) < 4.78 is 24.9. The van der Waals surface area contributed by atoms with Gasteiger partial charge in [-0.2, -0.15) is 0 Å². The van der Waals surface area contributed by atoms with Crippen LogP contribution in [0.1, 0.15) is 26.2 Å². The van der Waals surface area contributed by atoms with Crippen molar-refractivity contribution in [1.29, 1.82) is 0 Å². The lowest BCUT2D eigenvalue weighted by atomic mass is 9.99. The molecule has 6 heteroatoms. The molecule has 0 radical (unpaired) electrons. The van der Waals surface area contributed by atoms with Crippen LogP contribution >= 0.6 is 0 Å². The van der Waals surface area contributed by atoms with E-state index in [0.29, 0.717) is 19.4 Å². The Morgan fingerprint density at radius 1 is 1.53 bits per heavy atom. The summed E-state index contributed by atoms with van der Waals surface area (Å²) >= 11 is 0. The van der Waals surface area contributed by atoms with Crippen LogP contribution in [0.2, 0.25) is 0 Å². The lowest BCUT2D eigenvalue weighted by molar-refractivity contribution is -0.122. The first-order valence-electron chi connectivity index (χ1n) is 5.24. The smallest absolute Gasteiger partial charge is 0.221 e. The van der Waals surface area contributed by atoms with Crippen molar-refractivity contribution in [2.24, 2.45) is 11.7 Å². The highest BCUT2D eigenvalue weighted by molar-refractivity contribution is 7.89. The van der Waals surface area contributed by atoms with Gasteiger partial charge in [0.05, 0.1) is 11.7 Å². The molecule has 0 bridgehead atoms. The molecule has 0 spiro atoms. The van der Waals surface area contributed by atoms with E-state index in [1.54, 1.807) is 0 Å². The summed E-state index contributed by atoms with van der Waals surface area (Å²) in [5.74, 6) is -0.560. The number of nitrogens with zero attached hydrogens (tertiary/aromatic N) is 1. The van der Waals surface area contributed by atoms with Crippen molar-refractivity contribution < 1.29 is 13.2 Å². The first kappa shape index (κ1) is 12.4. The van der Waals surface area contributed by atoms with Crippen molar-refractivity contribution in [3.63, 3.8) is 0 Å². The van der Waals surface area contributed by atoms with Gasteiger partial charge in [-0.3, -0.25) is 4.79 Å². The summed E-state index contributed by atoms with van der Waals surface area (Å²) in [6.07, 6.45) is 2.02. The van der Waals surface area contributed by atoms with Crippen LogP contribution in [0.5, 0.6) is 0 Å². The predicted octanol–water partition coefficient (Wildman–Crippen LogP) is -0.0765. The van der Waals surface area contributed by atoms with Gasteiger partial charge in [-0.1, -0.05) is 6.92 Å². The molecule has 0 aliphatic carbocycles. The molecule has 5 nitrogen and oxygen atoms in total. The van der Waals surface area contributed by atoms with Gasteiger partial charge in [-0.15, -0.1) is 0 Å². The molecule has 1 fully saturated rings. The highest BCUT2D eigenvalue weighted by Gasteiger charge is 2.30. The van der Waals surface area contributed by atoms with E-state index in [0.717, 1.165) is 6.42 Å². The van der Waals surface area contributed by atoms with Crippen molar-refractivity contribution in [2.45, 2.75) is 26.2 Å². The molecule has 1 aliphatic heterocycles. The predicted molar refractivity (Wildman–Crippen MR) is 57.6 cm³/mol. The van der Waals surface area contributed by atoms with Crippen LogP contribution < -0.4 is 5.73 Å². The van der Waals surface area contributed by atoms with Gasteiger partial charge in [0.2, 0.25) is 15.9 Å². The zero-order valence-electron chi connectivity index (χ0n) is 8.98. The molecule has 0 aromatic heterocycles. The maximum Gasteiger partial charge on any atom is 0.221 e. The lowest BCUT2D eigenvalue weighted by Gasteiger charge is -2.30. The lowest BCUT2D eigenvalue weighted by Crippen LogP contribution is -2.44. The van der Waals surface area contributed by atoms with Crippen LogP contribution in [0.4, 0.5) is 0 Å². The number of hydrogen-bond acceptors (Lipinski definition) is 3. The molecule has 2 N–H and O–H groups in total. The molecule has 0 saturated carbocycles. The standard InChI is InChI=1S/C9H18N2O3S/c1-2-6-15(13,14)11-5-3-4-8(7-11)9(10)12/h8H,2-7H2,1H3,(H2,10,12)/t8-/m0/s1. The normalized spacial score (nSPS) is 23.9. The molecule has 1 amide bonds. The Balaban J connectivity index is 2.67. The summed E-state index contributed by atoms with van der Waals surface area (Å²) in [6, 6.07) is 0. The molecule has 1 saturated heterocycles. The van der Waals surface area contributed by atoms with Crippen LogP contribution in [0.15, 0.2) is 0 Å². The first-order chi connectivity index (χ1) is 6.97. The van der Waals surface area contributed by atoms with Crippen molar-refractivity contribution in [3.8, 4) is 0 Å². The summed E-state index contributed by atoms with van der Waals surface area (Å²) in [7, 11) is -3.17. The minimum Gasteiger partial charge on any atom is -0.369 e. The van der Waals surface area contributed by atoms with Crippen molar-refractivity contribution >= 4 is 15.9 Å². The second-order valence-corrected chi connectivity index (χ2v) is 6.00. The molecule has 1 atom stereocenters. The molecular formula is C9H18N2O3S. The van der Waals surface area contributed by atoms with Gasteiger partial charge in [0.25, 0.3) is 0 Å². The van der Waals surface area contributed by atoms with Crippen LogP contribution in [0.3, 0.4) is 0 Å².